The third kappa shape index (κ3) is 3.75. The van der Waals surface area contributed by atoms with Gasteiger partial charge in [0.2, 0.25) is 0 Å². The van der Waals surface area contributed by atoms with E-state index in [4.69, 9.17) is 5.73 Å². The van der Waals surface area contributed by atoms with Gasteiger partial charge in [-0.1, -0.05) is 12.1 Å². The largest absolute Gasteiger partial charge is 0.339 e. The maximum atomic E-state index is 12.8. The van der Waals surface area contributed by atoms with E-state index in [-0.39, 0.29) is 22.4 Å². The van der Waals surface area contributed by atoms with Crippen LogP contribution in [0.1, 0.15) is 44.0 Å². The Morgan fingerprint density at radius 2 is 1.74 bits per heavy atom. The van der Waals surface area contributed by atoms with Gasteiger partial charge in [-0.05, 0) is 51.7 Å². The second kappa shape index (κ2) is 7.01. The number of nitrogens with two attached hydrogens (primary N) is 1. The predicted octanol–water partition coefficient (Wildman–Crippen LogP) is 2.07. The van der Waals surface area contributed by atoms with Crippen molar-refractivity contribution < 1.29 is 13.2 Å². The van der Waals surface area contributed by atoms with Crippen molar-refractivity contribution in [1.82, 2.24) is 4.90 Å². The summed E-state index contributed by atoms with van der Waals surface area (Å²) in [6, 6.07) is 6.63. The van der Waals surface area contributed by atoms with Crippen LogP contribution in [0.4, 0.5) is 0 Å². The van der Waals surface area contributed by atoms with Gasteiger partial charge in [0, 0.05) is 19.1 Å². The lowest BCUT2D eigenvalue weighted by Gasteiger charge is -2.34. The lowest BCUT2D eigenvalue weighted by Crippen LogP contribution is -2.43. The van der Waals surface area contributed by atoms with E-state index in [0.717, 1.165) is 12.8 Å². The lowest BCUT2D eigenvalue weighted by molar-refractivity contribution is 0.0677. The van der Waals surface area contributed by atoms with Gasteiger partial charge in [-0.25, -0.2) is 8.42 Å². The number of rotatable bonds is 4. The molecule has 0 saturated carbocycles. The first-order valence-corrected chi connectivity index (χ1v) is 9.67. The molecule has 0 aromatic heterocycles. The van der Waals surface area contributed by atoms with Crippen LogP contribution in [-0.4, -0.2) is 43.6 Å². The molecule has 2 rings (SSSR count). The minimum absolute atomic E-state index is 0.126. The minimum atomic E-state index is -3.48. The van der Waals surface area contributed by atoms with E-state index in [1.165, 1.54) is 6.07 Å². The fraction of sp³-hybridized carbons (Fsp3) is 0.588. The molecule has 1 saturated heterocycles. The monoisotopic (exact) mass is 338 g/mol. The average molecular weight is 338 g/mol. The Bertz CT molecular complexity index is 660. The van der Waals surface area contributed by atoms with Gasteiger partial charge < -0.3 is 10.6 Å². The van der Waals surface area contributed by atoms with Crippen molar-refractivity contribution in [1.29, 1.82) is 0 Å². The number of amides is 1. The third-order valence-corrected chi connectivity index (χ3v) is 6.83. The minimum Gasteiger partial charge on any atom is -0.339 e. The molecule has 1 aliphatic heterocycles. The number of sulfone groups is 1. The van der Waals surface area contributed by atoms with Crippen molar-refractivity contribution in [3.63, 3.8) is 0 Å². The SMILES string of the molecule is CC(N)C1CCN(C(=O)c2ccccc2S(=O)(=O)C(C)C)CC1. The lowest BCUT2D eigenvalue weighted by atomic mass is 9.90. The molecule has 0 aliphatic carbocycles. The van der Waals surface area contributed by atoms with Gasteiger partial charge in [0.1, 0.15) is 0 Å². The van der Waals surface area contributed by atoms with Crippen LogP contribution < -0.4 is 5.73 Å². The molecule has 5 nitrogen and oxygen atoms in total. The molecular formula is C17H26N2O3S. The van der Waals surface area contributed by atoms with Crippen molar-refractivity contribution in [2.24, 2.45) is 11.7 Å². The second-order valence-electron chi connectivity index (χ2n) is 6.58. The maximum Gasteiger partial charge on any atom is 0.255 e. The summed E-state index contributed by atoms with van der Waals surface area (Å²) in [5, 5.41) is -0.555. The third-order valence-electron chi connectivity index (χ3n) is 4.61. The summed E-state index contributed by atoms with van der Waals surface area (Å²) in [5.41, 5.74) is 6.21. The highest BCUT2D eigenvalue weighted by molar-refractivity contribution is 7.92. The molecule has 128 valence electrons. The van der Waals surface area contributed by atoms with E-state index >= 15 is 0 Å². The van der Waals surface area contributed by atoms with Crippen molar-refractivity contribution in [2.75, 3.05) is 13.1 Å². The maximum absolute atomic E-state index is 12.8. The Kier molecular flexibility index (Phi) is 5.47. The number of nitrogens with zero attached hydrogens (tertiary/aromatic N) is 1. The van der Waals surface area contributed by atoms with Gasteiger partial charge in [0.15, 0.2) is 9.84 Å². The molecular weight excluding hydrogens is 312 g/mol. The molecule has 1 unspecified atom stereocenters. The molecule has 0 bridgehead atoms. The summed E-state index contributed by atoms with van der Waals surface area (Å²) < 4.78 is 25.0. The molecule has 1 aromatic carbocycles. The van der Waals surface area contributed by atoms with E-state index in [9.17, 15) is 13.2 Å². The van der Waals surface area contributed by atoms with Crippen LogP contribution in [0.3, 0.4) is 0 Å². The van der Waals surface area contributed by atoms with E-state index in [1.54, 1.807) is 36.9 Å². The zero-order valence-corrected chi connectivity index (χ0v) is 14.8. The zero-order valence-electron chi connectivity index (χ0n) is 14.0. The summed E-state index contributed by atoms with van der Waals surface area (Å²) >= 11 is 0. The molecule has 0 spiro atoms. The standard InChI is InChI=1S/C17H26N2O3S/c1-12(2)23(21,22)16-7-5-4-6-15(16)17(20)19-10-8-14(9-11-19)13(3)18/h4-7,12-14H,8-11,18H2,1-3H3. The number of piperidine rings is 1. The van der Waals surface area contributed by atoms with Crippen LogP contribution in [0.15, 0.2) is 29.2 Å². The van der Waals surface area contributed by atoms with Crippen LogP contribution in [0.2, 0.25) is 0 Å². The zero-order chi connectivity index (χ0) is 17.2. The molecule has 6 heteroatoms. The van der Waals surface area contributed by atoms with E-state index in [1.807, 2.05) is 6.92 Å². The molecule has 0 radical (unpaired) electrons. The Hall–Kier alpha value is -1.40. The molecule has 1 amide bonds. The Morgan fingerprint density at radius 3 is 2.26 bits per heavy atom. The summed E-state index contributed by atoms with van der Waals surface area (Å²) in [6.07, 6.45) is 1.73. The van der Waals surface area contributed by atoms with Crippen LogP contribution in [0.5, 0.6) is 0 Å². The molecule has 1 fully saturated rings. The Morgan fingerprint density at radius 1 is 1.17 bits per heavy atom. The van der Waals surface area contributed by atoms with Crippen LogP contribution >= 0.6 is 0 Å². The molecule has 1 atom stereocenters. The summed E-state index contributed by atoms with van der Waals surface area (Å²) in [7, 11) is -3.48. The van der Waals surface area contributed by atoms with Gasteiger partial charge in [-0.2, -0.15) is 0 Å². The van der Waals surface area contributed by atoms with Crippen LogP contribution in [0, 0.1) is 5.92 Å². The Balaban J connectivity index is 2.25. The van der Waals surface area contributed by atoms with E-state index in [0.29, 0.717) is 19.0 Å². The number of hydrogen-bond donors (Lipinski definition) is 1. The molecule has 1 aliphatic rings. The number of carbonyl (C=O) groups excluding carboxylic acids is 1. The van der Waals surface area contributed by atoms with Crippen molar-refractivity contribution in [3.8, 4) is 0 Å². The number of likely N-dealkylation sites (tertiary alicyclic amines) is 1. The van der Waals surface area contributed by atoms with Crippen molar-refractivity contribution in [3.05, 3.63) is 29.8 Å². The second-order valence-corrected chi connectivity index (χ2v) is 9.05. The number of benzene rings is 1. The highest BCUT2D eigenvalue weighted by Gasteiger charge is 2.30. The first kappa shape index (κ1) is 17.9. The quantitative estimate of drug-likeness (QED) is 0.911. The van der Waals surface area contributed by atoms with Gasteiger partial charge >= 0.3 is 0 Å². The van der Waals surface area contributed by atoms with Crippen molar-refractivity contribution >= 4 is 15.7 Å². The van der Waals surface area contributed by atoms with Gasteiger partial charge in [-0.3, -0.25) is 4.79 Å². The highest BCUT2D eigenvalue weighted by Crippen LogP contribution is 2.25. The normalized spacial score (nSPS) is 18.2. The summed E-state index contributed by atoms with van der Waals surface area (Å²) in [5.74, 6) is 0.224. The fourth-order valence-electron chi connectivity index (χ4n) is 2.94. The first-order chi connectivity index (χ1) is 10.7. The number of carbonyl (C=O) groups is 1. The van der Waals surface area contributed by atoms with Crippen molar-refractivity contribution in [2.45, 2.75) is 49.8 Å². The smallest absolute Gasteiger partial charge is 0.255 e. The topological polar surface area (TPSA) is 80.5 Å². The van der Waals surface area contributed by atoms with Gasteiger partial charge in [0.05, 0.1) is 15.7 Å². The molecule has 2 N–H and O–H groups in total. The van der Waals surface area contributed by atoms with Gasteiger partial charge in [-0.15, -0.1) is 0 Å². The summed E-state index contributed by atoms with van der Waals surface area (Å²) in [4.78, 5) is 14.7. The highest BCUT2D eigenvalue weighted by atomic mass is 32.2. The molecule has 23 heavy (non-hydrogen) atoms. The number of hydrogen-bond acceptors (Lipinski definition) is 4. The predicted molar refractivity (Wildman–Crippen MR) is 91.0 cm³/mol. The fourth-order valence-corrected chi connectivity index (χ4v) is 4.18. The molecule has 1 aromatic rings. The Labute approximate surface area is 138 Å². The average Bonchev–Trinajstić information content (AvgIpc) is 2.54. The van der Waals surface area contributed by atoms with Crippen LogP contribution in [-0.2, 0) is 9.84 Å². The van der Waals surface area contributed by atoms with E-state index in [2.05, 4.69) is 0 Å². The van der Waals surface area contributed by atoms with Crippen LogP contribution in [0.25, 0.3) is 0 Å². The van der Waals surface area contributed by atoms with Gasteiger partial charge in [0.25, 0.3) is 5.91 Å². The molecule has 1 heterocycles. The first-order valence-electron chi connectivity index (χ1n) is 8.13. The summed E-state index contributed by atoms with van der Waals surface area (Å²) in [6.45, 7) is 6.50. The van der Waals surface area contributed by atoms with E-state index < -0.39 is 15.1 Å².